The number of aromatic nitrogens is 2. The SMILES string of the molecule is CCCCCCC(Sc1nnc(-c2ccc(CNCCCO[P+](=O)O)cc2)o1)c1cccc(Cl)c1F. The number of nitrogens with one attached hydrogen (secondary N) is 1. The van der Waals surface area contributed by atoms with Gasteiger partial charge in [-0.3, -0.25) is 0 Å². The maximum atomic E-state index is 14.8. The van der Waals surface area contributed by atoms with Crippen molar-refractivity contribution in [2.45, 2.75) is 62.5 Å². The molecule has 36 heavy (non-hydrogen) atoms. The highest BCUT2D eigenvalue weighted by atomic mass is 35.5. The smallest absolute Gasteiger partial charge is 0.411 e. The van der Waals surface area contributed by atoms with Crippen LogP contribution in [0.3, 0.4) is 0 Å². The van der Waals surface area contributed by atoms with E-state index in [4.69, 9.17) is 20.9 Å². The summed E-state index contributed by atoms with van der Waals surface area (Å²) in [5.41, 5.74) is 2.43. The van der Waals surface area contributed by atoms with Gasteiger partial charge < -0.3 is 9.73 Å². The van der Waals surface area contributed by atoms with Crippen molar-refractivity contribution in [3.05, 3.63) is 64.4 Å². The van der Waals surface area contributed by atoms with Crippen LogP contribution < -0.4 is 5.32 Å². The molecule has 0 aliphatic carbocycles. The summed E-state index contributed by atoms with van der Waals surface area (Å²) < 4.78 is 35.8. The van der Waals surface area contributed by atoms with Gasteiger partial charge in [0.25, 0.3) is 5.22 Å². The maximum absolute atomic E-state index is 14.8. The third-order valence-electron chi connectivity index (χ3n) is 5.53. The number of rotatable bonds is 16. The molecule has 3 aromatic rings. The van der Waals surface area contributed by atoms with Crippen molar-refractivity contribution < 1.29 is 22.8 Å². The highest BCUT2D eigenvalue weighted by Gasteiger charge is 2.22. The van der Waals surface area contributed by atoms with Gasteiger partial charge in [0.1, 0.15) is 12.4 Å². The van der Waals surface area contributed by atoms with Gasteiger partial charge >= 0.3 is 8.25 Å². The Morgan fingerprint density at radius 3 is 2.72 bits per heavy atom. The van der Waals surface area contributed by atoms with Crippen LogP contribution in [0.5, 0.6) is 0 Å². The fourth-order valence-corrected chi connectivity index (χ4v) is 5.16. The van der Waals surface area contributed by atoms with E-state index in [2.05, 4.69) is 27.0 Å². The summed E-state index contributed by atoms with van der Waals surface area (Å²) in [7, 11) is -2.54. The molecule has 0 spiro atoms. The first-order valence-corrected chi connectivity index (χ1v) is 14.4. The lowest BCUT2D eigenvalue weighted by Crippen LogP contribution is -2.15. The molecule has 0 saturated carbocycles. The molecule has 0 saturated heterocycles. The van der Waals surface area contributed by atoms with Crippen LogP contribution in [-0.4, -0.2) is 28.2 Å². The molecule has 2 aromatic carbocycles. The Bertz CT molecular complexity index is 1100. The number of hydrogen-bond acceptors (Lipinski definition) is 7. The summed E-state index contributed by atoms with van der Waals surface area (Å²) in [6, 6.07) is 12.9. The van der Waals surface area contributed by atoms with E-state index in [1.54, 1.807) is 18.2 Å². The molecule has 2 unspecified atom stereocenters. The van der Waals surface area contributed by atoms with Gasteiger partial charge in [0.15, 0.2) is 0 Å². The minimum atomic E-state index is -2.54. The van der Waals surface area contributed by atoms with E-state index in [1.807, 2.05) is 24.3 Å². The Morgan fingerprint density at radius 1 is 1.17 bits per heavy atom. The standard InChI is InChI=1S/C25H30ClFN3O4PS/c1-2-3-4-5-10-22(20-8-6-9-21(26)23(20)27)36-25-30-29-24(34-25)19-13-11-18(12-14-19)17-28-15-7-16-33-35(31)32/h6,8-9,11-14,22,28H,2-5,7,10,15-17H2,1H3/p+1. The lowest BCUT2D eigenvalue weighted by molar-refractivity contribution is 0.276. The second kappa shape index (κ2) is 15.4. The highest BCUT2D eigenvalue weighted by Crippen LogP contribution is 2.41. The first-order chi connectivity index (χ1) is 17.5. The number of hydrogen-bond donors (Lipinski definition) is 2. The van der Waals surface area contributed by atoms with Gasteiger partial charge in [-0.1, -0.05) is 80.2 Å². The normalized spacial score (nSPS) is 12.6. The summed E-state index contributed by atoms with van der Waals surface area (Å²) in [4.78, 5) is 8.60. The van der Waals surface area contributed by atoms with E-state index in [0.29, 0.717) is 36.2 Å². The van der Waals surface area contributed by atoms with Gasteiger partial charge in [-0.05, 0) is 43.1 Å². The minimum absolute atomic E-state index is 0.114. The Morgan fingerprint density at radius 2 is 1.97 bits per heavy atom. The quantitative estimate of drug-likeness (QED) is 0.107. The summed E-state index contributed by atoms with van der Waals surface area (Å²) in [5, 5.41) is 12.0. The zero-order valence-corrected chi connectivity index (χ0v) is 22.6. The Kier molecular flexibility index (Phi) is 12.3. The largest absolute Gasteiger partial charge is 0.694 e. The van der Waals surface area contributed by atoms with Crippen molar-refractivity contribution >= 4 is 31.6 Å². The molecule has 1 aromatic heterocycles. The second-order valence-electron chi connectivity index (χ2n) is 8.27. The minimum Gasteiger partial charge on any atom is -0.411 e. The summed E-state index contributed by atoms with van der Waals surface area (Å²) in [5.74, 6) is 0.0102. The molecule has 11 heteroatoms. The van der Waals surface area contributed by atoms with Gasteiger partial charge in [-0.25, -0.2) is 4.39 Å². The van der Waals surface area contributed by atoms with Gasteiger partial charge in [0.05, 0.1) is 5.02 Å². The highest BCUT2D eigenvalue weighted by molar-refractivity contribution is 7.99. The summed E-state index contributed by atoms with van der Waals surface area (Å²) in [6.45, 7) is 3.72. The molecule has 2 N–H and O–H groups in total. The van der Waals surface area contributed by atoms with Gasteiger partial charge in [-0.2, -0.15) is 0 Å². The summed E-state index contributed by atoms with van der Waals surface area (Å²) in [6.07, 6.45) is 5.76. The molecule has 3 rings (SSSR count). The zero-order valence-electron chi connectivity index (χ0n) is 20.2. The molecule has 194 valence electrons. The van der Waals surface area contributed by atoms with E-state index in [0.717, 1.165) is 43.2 Å². The van der Waals surface area contributed by atoms with E-state index in [-0.39, 0.29) is 16.9 Å². The lowest BCUT2D eigenvalue weighted by atomic mass is 10.0. The van der Waals surface area contributed by atoms with Crippen molar-refractivity contribution in [3.8, 4) is 11.5 Å². The molecule has 0 amide bonds. The van der Waals surface area contributed by atoms with Gasteiger partial charge in [0, 0.05) is 27.5 Å². The van der Waals surface area contributed by atoms with Crippen LogP contribution in [0.25, 0.3) is 11.5 Å². The number of unbranched alkanes of at least 4 members (excludes halogenated alkanes) is 3. The van der Waals surface area contributed by atoms with E-state index in [9.17, 15) is 8.96 Å². The average molecular weight is 555 g/mol. The van der Waals surface area contributed by atoms with E-state index in [1.165, 1.54) is 11.8 Å². The molecule has 0 bridgehead atoms. The molecule has 0 aliphatic rings. The molecule has 7 nitrogen and oxygen atoms in total. The number of thioether (sulfide) groups is 1. The Balaban J connectivity index is 1.59. The zero-order chi connectivity index (χ0) is 25.8. The van der Waals surface area contributed by atoms with Crippen molar-refractivity contribution in [3.63, 3.8) is 0 Å². The van der Waals surface area contributed by atoms with E-state index >= 15 is 0 Å². The molecular weight excluding hydrogens is 524 g/mol. The van der Waals surface area contributed by atoms with Crippen LogP contribution in [-0.2, 0) is 15.6 Å². The topological polar surface area (TPSA) is 97.5 Å². The van der Waals surface area contributed by atoms with Crippen molar-refractivity contribution in [1.29, 1.82) is 0 Å². The van der Waals surface area contributed by atoms with Gasteiger partial charge in [0.2, 0.25) is 5.89 Å². The predicted octanol–water partition coefficient (Wildman–Crippen LogP) is 7.48. The molecule has 2 atom stereocenters. The number of benzene rings is 2. The second-order valence-corrected chi connectivity index (χ2v) is 10.6. The average Bonchev–Trinajstić information content (AvgIpc) is 3.34. The maximum Gasteiger partial charge on any atom is 0.694 e. The molecule has 1 heterocycles. The number of nitrogens with zero attached hydrogens (tertiary/aromatic N) is 2. The van der Waals surface area contributed by atoms with Crippen LogP contribution >= 0.6 is 31.6 Å². The molecular formula is C25H31ClFN3O4PS+. The van der Waals surface area contributed by atoms with Crippen LogP contribution in [0, 0.1) is 5.82 Å². The van der Waals surface area contributed by atoms with Crippen molar-refractivity contribution in [1.82, 2.24) is 15.5 Å². The molecule has 0 fully saturated rings. The number of halogens is 2. The van der Waals surface area contributed by atoms with Crippen molar-refractivity contribution in [2.24, 2.45) is 0 Å². The van der Waals surface area contributed by atoms with Gasteiger partial charge in [-0.15, -0.1) is 19.6 Å². The monoisotopic (exact) mass is 554 g/mol. The lowest BCUT2D eigenvalue weighted by Gasteiger charge is -2.16. The van der Waals surface area contributed by atoms with Crippen LogP contribution in [0.4, 0.5) is 4.39 Å². The first kappa shape index (κ1) is 28.7. The molecule has 0 aliphatic heterocycles. The van der Waals surface area contributed by atoms with Crippen LogP contribution in [0.2, 0.25) is 5.02 Å². The van der Waals surface area contributed by atoms with Crippen LogP contribution in [0.1, 0.15) is 61.8 Å². The Labute approximate surface area is 221 Å². The third-order valence-corrected chi connectivity index (χ3v) is 7.36. The third kappa shape index (κ3) is 9.21. The predicted molar refractivity (Wildman–Crippen MR) is 141 cm³/mol. The summed E-state index contributed by atoms with van der Waals surface area (Å²) >= 11 is 7.41. The van der Waals surface area contributed by atoms with E-state index < -0.39 is 14.1 Å². The molecule has 0 radical (unpaired) electrons. The Hall–Kier alpha value is -1.87. The van der Waals surface area contributed by atoms with Crippen LogP contribution in [0.15, 0.2) is 52.1 Å². The van der Waals surface area contributed by atoms with Crippen molar-refractivity contribution in [2.75, 3.05) is 13.2 Å². The fourth-order valence-electron chi connectivity index (χ4n) is 3.64. The fraction of sp³-hybridized carbons (Fsp3) is 0.440. The first-order valence-electron chi connectivity index (χ1n) is 12.0.